The Morgan fingerprint density at radius 1 is 1.48 bits per heavy atom. The van der Waals surface area contributed by atoms with Gasteiger partial charge in [0.15, 0.2) is 0 Å². The molecule has 7 nitrogen and oxygen atoms in total. The van der Waals surface area contributed by atoms with Crippen molar-refractivity contribution in [3.8, 4) is 11.9 Å². The molecule has 0 bridgehead atoms. The van der Waals surface area contributed by atoms with Gasteiger partial charge in [-0.2, -0.15) is 5.26 Å². The monoisotopic (exact) mass is 344 g/mol. The summed E-state index contributed by atoms with van der Waals surface area (Å²) in [6, 6.07) is 2.26. The molecule has 1 spiro atoms. The van der Waals surface area contributed by atoms with Crippen molar-refractivity contribution in [2.24, 2.45) is 11.7 Å². The van der Waals surface area contributed by atoms with Gasteiger partial charge in [-0.25, -0.2) is 0 Å². The number of esters is 1. The summed E-state index contributed by atoms with van der Waals surface area (Å²) >= 11 is 0. The predicted molar refractivity (Wildman–Crippen MR) is 90.3 cm³/mol. The van der Waals surface area contributed by atoms with Crippen LogP contribution in [0.1, 0.15) is 57.2 Å². The van der Waals surface area contributed by atoms with Crippen LogP contribution >= 0.6 is 0 Å². The Hall–Kier alpha value is -2.49. The van der Waals surface area contributed by atoms with E-state index >= 15 is 0 Å². The molecule has 0 saturated heterocycles. The van der Waals surface area contributed by atoms with Crippen molar-refractivity contribution in [2.45, 2.75) is 57.8 Å². The summed E-state index contributed by atoms with van der Waals surface area (Å²) in [7, 11) is 0. The molecule has 0 atom stereocenters. The largest absolute Gasteiger partial charge is 0.466 e. The second-order valence-electron chi connectivity index (χ2n) is 6.69. The summed E-state index contributed by atoms with van der Waals surface area (Å²) < 4.78 is 10.8. The summed E-state index contributed by atoms with van der Waals surface area (Å²) in [6.45, 7) is 4.29. The van der Waals surface area contributed by atoms with Crippen LogP contribution in [0.15, 0.2) is 11.5 Å². The van der Waals surface area contributed by atoms with Crippen LogP contribution in [0.5, 0.6) is 5.88 Å². The number of aromatic amines is 1. The van der Waals surface area contributed by atoms with E-state index in [4.69, 9.17) is 15.2 Å². The molecule has 1 fully saturated rings. The van der Waals surface area contributed by atoms with Crippen molar-refractivity contribution in [3.63, 3.8) is 0 Å². The number of ether oxygens (including phenoxy) is 2. The second kappa shape index (κ2) is 6.79. The maximum Gasteiger partial charge on any atom is 0.308 e. The first kappa shape index (κ1) is 17.3. The van der Waals surface area contributed by atoms with Crippen LogP contribution in [0.2, 0.25) is 0 Å². The Kier molecular flexibility index (Phi) is 4.71. The van der Waals surface area contributed by atoms with E-state index in [0.29, 0.717) is 43.7 Å². The molecule has 25 heavy (non-hydrogen) atoms. The highest BCUT2D eigenvalue weighted by Gasteiger charge is 2.50. The lowest BCUT2D eigenvalue weighted by Gasteiger charge is -2.41. The number of nitrogens with two attached hydrogens (primary N) is 1. The Balaban J connectivity index is 1.98. The zero-order valence-corrected chi connectivity index (χ0v) is 14.7. The fourth-order valence-electron chi connectivity index (χ4n) is 4.14. The summed E-state index contributed by atoms with van der Waals surface area (Å²) in [4.78, 5) is 12.1. The van der Waals surface area contributed by atoms with Crippen molar-refractivity contribution in [1.82, 2.24) is 10.2 Å². The van der Waals surface area contributed by atoms with Gasteiger partial charge >= 0.3 is 5.97 Å². The van der Waals surface area contributed by atoms with E-state index < -0.39 is 5.41 Å². The Labute approximate surface area is 147 Å². The van der Waals surface area contributed by atoms with Gasteiger partial charge in [0.05, 0.1) is 12.5 Å². The van der Waals surface area contributed by atoms with Gasteiger partial charge in [-0.05, 0) is 39.0 Å². The summed E-state index contributed by atoms with van der Waals surface area (Å²) in [5.41, 5.74) is 7.90. The maximum atomic E-state index is 12.1. The van der Waals surface area contributed by atoms with Crippen molar-refractivity contribution < 1.29 is 14.3 Å². The normalized spacial score (nSPS) is 25.2. The highest BCUT2D eigenvalue weighted by molar-refractivity contribution is 5.73. The smallest absolute Gasteiger partial charge is 0.308 e. The van der Waals surface area contributed by atoms with Crippen LogP contribution in [-0.2, 0) is 21.4 Å². The summed E-state index contributed by atoms with van der Waals surface area (Å²) in [6.07, 6.45) is 4.42. The van der Waals surface area contributed by atoms with Crippen LogP contribution < -0.4 is 10.5 Å². The first-order chi connectivity index (χ1) is 12.1. The second-order valence-corrected chi connectivity index (χ2v) is 6.69. The molecule has 3 rings (SSSR count). The van der Waals surface area contributed by atoms with Gasteiger partial charge in [0.2, 0.25) is 11.8 Å². The number of carbonyl (C=O) groups is 1. The number of nitriles is 1. The fraction of sp³-hybridized carbons (Fsp3) is 0.611. The molecule has 1 aliphatic heterocycles. The highest BCUT2D eigenvalue weighted by Crippen LogP contribution is 2.53. The topological polar surface area (TPSA) is 114 Å². The van der Waals surface area contributed by atoms with E-state index in [1.54, 1.807) is 0 Å². The van der Waals surface area contributed by atoms with E-state index in [1.165, 1.54) is 0 Å². The molecule has 2 heterocycles. The lowest BCUT2D eigenvalue weighted by Crippen LogP contribution is -2.40. The van der Waals surface area contributed by atoms with Gasteiger partial charge in [0.25, 0.3) is 0 Å². The van der Waals surface area contributed by atoms with Crippen LogP contribution in [0.3, 0.4) is 0 Å². The number of allylic oxidation sites excluding steroid dienone is 1. The third-order valence-electron chi connectivity index (χ3n) is 5.29. The number of nitrogens with one attached hydrogen (secondary N) is 1. The minimum Gasteiger partial charge on any atom is -0.466 e. The van der Waals surface area contributed by atoms with Crippen LogP contribution in [0, 0.1) is 17.2 Å². The van der Waals surface area contributed by atoms with Gasteiger partial charge < -0.3 is 15.2 Å². The Morgan fingerprint density at radius 2 is 2.20 bits per heavy atom. The van der Waals surface area contributed by atoms with Crippen LogP contribution in [0.4, 0.5) is 0 Å². The van der Waals surface area contributed by atoms with Gasteiger partial charge in [0.1, 0.15) is 11.6 Å². The predicted octanol–water partition coefficient (Wildman–Crippen LogP) is 2.44. The van der Waals surface area contributed by atoms with E-state index in [9.17, 15) is 10.1 Å². The number of aromatic nitrogens is 2. The number of nitrogens with zero attached hydrogens (tertiary/aromatic N) is 2. The summed E-state index contributed by atoms with van der Waals surface area (Å²) in [5, 5.41) is 17.0. The van der Waals surface area contributed by atoms with Crippen LogP contribution in [0.25, 0.3) is 0 Å². The molecule has 1 aromatic rings. The maximum absolute atomic E-state index is 12.1. The molecule has 1 saturated carbocycles. The fourth-order valence-corrected chi connectivity index (χ4v) is 4.14. The quantitative estimate of drug-likeness (QED) is 0.811. The summed E-state index contributed by atoms with van der Waals surface area (Å²) in [5.74, 6) is 0.314. The lowest BCUT2D eigenvalue weighted by atomic mass is 9.62. The SMILES string of the molecule is CCCc1[nH]nc2c1C1(CCC(C(=O)OCC)CC1)C(C#N)=C(N)O2. The van der Waals surface area contributed by atoms with Gasteiger partial charge in [0, 0.05) is 16.7 Å². The molecule has 2 aliphatic rings. The number of aryl methyl sites for hydroxylation is 1. The average Bonchev–Trinajstić information content (AvgIpc) is 2.99. The molecule has 0 unspecified atom stereocenters. The minimum absolute atomic E-state index is 0.124. The van der Waals surface area contributed by atoms with Crippen molar-refractivity contribution in [1.29, 1.82) is 5.26 Å². The highest BCUT2D eigenvalue weighted by atomic mass is 16.5. The molecular weight excluding hydrogens is 320 g/mol. The van der Waals surface area contributed by atoms with Gasteiger partial charge in [-0.15, -0.1) is 5.10 Å². The van der Waals surface area contributed by atoms with E-state index in [-0.39, 0.29) is 17.8 Å². The molecule has 0 amide bonds. The zero-order valence-electron chi connectivity index (χ0n) is 14.7. The number of hydrogen-bond donors (Lipinski definition) is 2. The number of rotatable bonds is 4. The standard InChI is InChI=1S/C18H24N4O3/c1-3-5-13-14-16(22-21-13)25-15(20)12(10-19)18(14)8-6-11(7-9-18)17(23)24-4-2/h11H,3-9,20H2,1-2H3,(H,21,22). The zero-order chi connectivity index (χ0) is 18.0. The Bertz CT molecular complexity index is 736. The molecule has 3 N–H and O–H groups in total. The van der Waals surface area contributed by atoms with Crippen molar-refractivity contribution in [2.75, 3.05) is 6.61 Å². The van der Waals surface area contributed by atoms with E-state index in [0.717, 1.165) is 24.1 Å². The average molecular weight is 344 g/mol. The number of hydrogen-bond acceptors (Lipinski definition) is 6. The first-order valence-corrected chi connectivity index (χ1v) is 8.89. The Morgan fingerprint density at radius 3 is 2.80 bits per heavy atom. The van der Waals surface area contributed by atoms with E-state index in [1.807, 2.05) is 6.92 Å². The molecule has 134 valence electrons. The third kappa shape index (κ3) is 2.76. The minimum atomic E-state index is -0.521. The molecule has 7 heteroatoms. The number of fused-ring (bicyclic) bond motifs is 2. The van der Waals surface area contributed by atoms with E-state index in [2.05, 4.69) is 23.2 Å². The van der Waals surface area contributed by atoms with Gasteiger partial charge in [-0.3, -0.25) is 9.89 Å². The molecule has 1 aliphatic carbocycles. The first-order valence-electron chi connectivity index (χ1n) is 8.89. The number of H-pyrrole nitrogens is 1. The number of carbonyl (C=O) groups excluding carboxylic acids is 1. The molecule has 0 aromatic carbocycles. The van der Waals surface area contributed by atoms with Crippen molar-refractivity contribution in [3.05, 3.63) is 22.7 Å². The van der Waals surface area contributed by atoms with Crippen molar-refractivity contribution >= 4 is 5.97 Å². The van der Waals surface area contributed by atoms with Gasteiger partial charge in [-0.1, -0.05) is 13.3 Å². The molecule has 1 aromatic heterocycles. The molecular formula is C18H24N4O3. The third-order valence-corrected chi connectivity index (χ3v) is 5.29. The molecule has 0 radical (unpaired) electrons. The lowest BCUT2D eigenvalue weighted by molar-refractivity contribution is -0.149. The van der Waals surface area contributed by atoms with Crippen LogP contribution in [-0.4, -0.2) is 22.8 Å².